The molecule has 80 valence electrons. The number of carbonyl (C=O) groups excluding carboxylic acids is 1. The zero-order chi connectivity index (χ0) is 10.8. The van der Waals surface area contributed by atoms with Crippen molar-refractivity contribution >= 4 is 11.9 Å². The van der Waals surface area contributed by atoms with Crippen LogP contribution in [0.1, 0.15) is 33.8 Å². The number of amides is 1. The Labute approximate surface area is 84.6 Å². The van der Waals surface area contributed by atoms with E-state index in [9.17, 15) is 9.59 Å². The molecule has 2 heterocycles. The van der Waals surface area contributed by atoms with Crippen molar-refractivity contribution in [2.24, 2.45) is 0 Å². The van der Waals surface area contributed by atoms with Crippen molar-refractivity contribution in [3.05, 3.63) is 11.4 Å². The average molecular weight is 211 g/mol. The van der Waals surface area contributed by atoms with Crippen LogP contribution in [-0.4, -0.2) is 45.3 Å². The van der Waals surface area contributed by atoms with Crippen molar-refractivity contribution in [3.8, 4) is 0 Å². The molecule has 7 heteroatoms. The van der Waals surface area contributed by atoms with E-state index in [-0.39, 0.29) is 5.69 Å². The number of hydrogen-bond acceptors (Lipinski definition) is 5. The van der Waals surface area contributed by atoms with Crippen LogP contribution >= 0.6 is 0 Å². The lowest BCUT2D eigenvalue weighted by molar-refractivity contribution is 0.0672. The summed E-state index contributed by atoms with van der Waals surface area (Å²) in [6.45, 7) is 1.26. The first kappa shape index (κ1) is 9.63. The summed E-state index contributed by atoms with van der Waals surface area (Å²) in [7, 11) is 0. The van der Waals surface area contributed by atoms with Crippen molar-refractivity contribution < 1.29 is 19.3 Å². The number of rotatable bonds is 2. The monoisotopic (exact) mass is 211 g/mol. The van der Waals surface area contributed by atoms with Crippen molar-refractivity contribution in [2.45, 2.75) is 12.8 Å². The molecule has 0 bridgehead atoms. The predicted octanol–water partition coefficient (Wildman–Crippen LogP) is 0.00380. The summed E-state index contributed by atoms with van der Waals surface area (Å²) >= 11 is 0. The first-order chi connectivity index (χ1) is 7.20. The largest absolute Gasteiger partial charge is 0.476 e. The zero-order valence-corrected chi connectivity index (χ0v) is 7.84. The molecule has 0 radical (unpaired) electrons. The standard InChI is InChI=1S/C8H9N3O4/c12-7(11-3-1-2-4-11)5-6(8(13)14)10-15-9-5/h1-4H2,(H,13,14). The molecular formula is C8H9N3O4. The lowest BCUT2D eigenvalue weighted by Gasteiger charge is -2.12. The summed E-state index contributed by atoms with van der Waals surface area (Å²) in [6.07, 6.45) is 1.86. The van der Waals surface area contributed by atoms with Gasteiger partial charge in [0.1, 0.15) is 0 Å². The molecule has 1 amide bonds. The lowest BCUT2D eigenvalue weighted by atomic mass is 10.3. The van der Waals surface area contributed by atoms with Gasteiger partial charge in [-0.1, -0.05) is 0 Å². The second-order valence-electron chi connectivity index (χ2n) is 3.27. The van der Waals surface area contributed by atoms with Gasteiger partial charge in [-0.3, -0.25) is 4.79 Å². The van der Waals surface area contributed by atoms with Crippen LogP contribution in [0, 0.1) is 0 Å². The van der Waals surface area contributed by atoms with Gasteiger partial charge in [0.05, 0.1) is 0 Å². The van der Waals surface area contributed by atoms with Crippen LogP contribution in [0.3, 0.4) is 0 Å². The number of carboxylic acid groups (broad SMARTS) is 1. The molecule has 0 saturated carbocycles. The molecule has 0 atom stereocenters. The Morgan fingerprint density at radius 2 is 1.80 bits per heavy atom. The molecule has 0 spiro atoms. The molecular weight excluding hydrogens is 202 g/mol. The number of likely N-dealkylation sites (tertiary alicyclic amines) is 1. The van der Waals surface area contributed by atoms with E-state index in [1.807, 2.05) is 0 Å². The van der Waals surface area contributed by atoms with Gasteiger partial charge in [-0.15, -0.1) is 0 Å². The maximum absolute atomic E-state index is 11.7. The number of carbonyl (C=O) groups is 2. The highest BCUT2D eigenvalue weighted by Gasteiger charge is 2.28. The van der Waals surface area contributed by atoms with Crippen LogP contribution in [0.2, 0.25) is 0 Å². The van der Waals surface area contributed by atoms with Gasteiger partial charge >= 0.3 is 5.97 Å². The second kappa shape index (κ2) is 3.68. The van der Waals surface area contributed by atoms with E-state index in [1.165, 1.54) is 0 Å². The van der Waals surface area contributed by atoms with Gasteiger partial charge in [0.2, 0.25) is 11.4 Å². The van der Waals surface area contributed by atoms with E-state index in [1.54, 1.807) is 4.90 Å². The Hall–Kier alpha value is -1.92. The molecule has 15 heavy (non-hydrogen) atoms. The van der Waals surface area contributed by atoms with Gasteiger partial charge in [-0.2, -0.15) is 0 Å². The fourth-order valence-electron chi connectivity index (χ4n) is 1.54. The Morgan fingerprint density at radius 3 is 2.40 bits per heavy atom. The summed E-state index contributed by atoms with van der Waals surface area (Å²) in [4.78, 5) is 23.9. The van der Waals surface area contributed by atoms with Gasteiger partial charge in [0, 0.05) is 13.1 Å². The molecule has 1 aromatic rings. The maximum Gasteiger partial charge on any atom is 0.360 e. The minimum Gasteiger partial charge on any atom is -0.476 e. The first-order valence-corrected chi connectivity index (χ1v) is 4.55. The minimum atomic E-state index is -1.31. The Morgan fingerprint density at radius 1 is 1.20 bits per heavy atom. The van der Waals surface area contributed by atoms with E-state index in [2.05, 4.69) is 14.9 Å². The summed E-state index contributed by atoms with van der Waals surface area (Å²) in [5.74, 6) is -1.73. The second-order valence-corrected chi connectivity index (χ2v) is 3.27. The Bertz CT molecular complexity index is 394. The van der Waals surface area contributed by atoms with E-state index >= 15 is 0 Å². The molecule has 1 aromatic heterocycles. The third-order valence-electron chi connectivity index (χ3n) is 2.29. The van der Waals surface area contributed by atoms with Gasteiger partial charge in [0.25, 0.3) is 5.91 Å². The van der Waals surface area contributed by atoms with Gasteiger partial charge < -0.3 is 10.0 Å². The van der Waals surface area contributed by atoms with Gasteiger partial charge in [-0.05, 0) is 23.2 Å². The average Bonchev–Trinajstić information content (AvgIpc) is 2.88. The fourth-order valence-corrected chi connectivity index (χ4v) is 1.54. The molecule has 1 fully saturated rings. The molecule has 1 aliphatic rings. The molecule has 1 aliphatic heterocycles. The smallest absolute Gasteiger partial charge is 0.360 e. The third-order valence-corrected chi connectivity index (χ3v) is 2.29. The zero-order valence-electron chi connectivity index (χ0n) is 7.84. The normalized spacial score (nSPS) is 15.6. The van der Waals surface area contributed by atoms with Crippen molar-refractivity contribution in [1.29, 1.82) is 0 Å². The summed E-state index contributed by atoms with van der Waals surface area (Å²) in [5, 5.41) is 15.2. The van der Waals surface area contributed by atoms with Crippen molar-refractivity contribution in [1.82, 2.24) is 15.2 Å². The highest BCUT2D eigenvalue weighted by Crippen LogP contribution is 2.13. The van der Waals surface area contributed by atoms with E-state index in [0.717, 1.165) is 12.8 Å². The molecule has 0 aromatic carbocycles. The molecule has 0 unspecified atom stereocenters. The molecule has 1 N–H and O–H groups in total. The van der Waals surface area contributed by atoms with Crippen molar-refractivity contribution in [2.75, 3.05) is 13.1 Å². The molecule has 7 nitrogen and oxygen atoms in total. The van der Waals surface area contributed by atoms with Crippen LogP contribution in [0.5, 0.6) is 0 Å². The van der Waals surface area contributed by atoms with Crippen LogP contribution in [0.4, 0.5) is 0 Å². The summed E-state index contributed by atoms with van der Waals surface area (Å²) in [5.41, 5.74) is -0.642. The fraction of sp³-hybridized carbons (Fsp3) is 0.500. The molecule has 0 aliphatic carbocycles. The van der Waals surface area contributed by atoms with E-state index in [4.69, 9.17) is 5.11 Å². The maximum atomic E-state index is 11.7. The van der Waals surface area contributed by atoms with Crippen LogP contribution in [0.15, 0.2) is 4.63 Å². The Kier molecular flexibility index (Phi) is 2.36. The highest BCUT2D eigenvalue weighted by molar-refractivity contribution is 6.01. The van der Waals surface area contributed by atoms with Gasteiger partial charge in [0.15, 0.2) is 0 Å². The number of aromatic carboxylic acids is 1. The van der Waals surface area contributed by atoms with Crippen LogP contribution in [-0.2, 0) is 0 Å². The molecule has 2 rings (SSSR count). The number of aromatic nitrogens is 2. The number of hydrogen-bond donors (Lipinski definition) is 1. The number of carboxylic acids is 1. The first-order valence-electron chi connectivity index (χ1n) is 4.55. The Balaban J connectivity index is 2.24. The van der Waals surface area contributed by atoms with Gasteiger partial charge in [-0.25, -0.2) is 9.42 Å². The summed E-state index contributed by atoms with van der Waals surface area (Å²) < 4.78 is 4.26. The number of nitrogens with zero attached hydrogens (tertiary/aromatic N) is 3. The van der Waals surface area contributed by atoms with Crippen LogP contribution < -0.4 is 0 Å². The lowest BCUT2D eigenvalue weighted by Crippen LogP contribution is -2.29. The highest BCUT2D eigenvalue weighted by atomic mass is 16.6. The van der Waals surface area contributed by atoms with E-state index < -0.39 is 17.6 Å². The van der Waals surface area contributed by atoms with E-state index in [0.29, 0.717) is 13.1 Å². The topological polar surface area (TPSA) is 96.5 Å². The molecule has 1 saturated heterocycles. The SMILES string of the molecule is O=C(O)c1nonc1C(=O)N1CCCC1. The van der Waals surface area contributed by atoms with Crippen LogP contribution in [0.25, 0.3) is 0 Å². The quantitative estimate of drug-likeness (QED) is 0.739. The third kappa shape index (κ3) is 1.67. The predicted molar refractivity (Wildman–Crippen MR) is 46.4 cm³/mol. The summed E-state index contributed by atoms with van der Waals surface area (Å²) in [6, 6.07) is 0. The minimum absolute atomic E-state index is 0.218. The van der Waals surface area contributed by atoms with Crippen molar-refractivity contribution in [3.63, 3.8) is 0 Å².